The SMILES string of the molecule is CC(=S)OCc1ccc(C#Cc2ccc(C34CC5(c6ccc(C#Cc7ccc(COC(C)=S)cc7)cc6)CC(c6ccc(C#Cc7ccc(COC(C)=S)cc7)cc6)(C3)CC(c3ccc(C#CC6C=CC=C6)cc3)(C4)C5)cc2)cc1. The molecule has 392 valence electrons. The second-order valence-corrected chi connectivity index (χ2v) is 24.0. The Morgan fingerprint density at radius 2 is 0.550 bits per heavy atom. The molecule has 4 bridgehead atoms. The van der Waals surface area contributed by atoms with Crippen LogP contribution in [0.4, 0.5) is 0 Å². The summed E-state index contributed by atoms with van der Waals surface area (Å²) in [4.78, 5) is 0. The van der Waals surface area contributed by atoms with E-state index in [1.807, 2.05) is 0 Å². The first-order chi connectivity index (χ1) is 38.8. The summed E-state index contributed by atoms with van der Waals surface area (Å²) in [5, 5.41) is 1.61. The van der Waals surface area contributed by atoms with Gasteiger partial charge >= 0.3 is 0 Å². The Morgan fingerprint density at radius 3 is 0.775 bits per heavy atom. The highest BCUT2D eigenvalue weighted by atomic mass is 32.1. The van der Waals surface area contributed by atoms with Crippen molar-refractivity contribution in [3.8, 4) is 47.4 Å². The molecule has 4 fully saturated rings. The molecule has 5 aliphatic carbocycles. The van der Waals surface area contributed by atoms with Gasteiger partial charge in [-0.15, -0.1) is 0 Å². The Kier molecular flexibility index (Phi) is 15.7. The summed E-state index contributed by atoms with van der Waals surface area (Å²) in [7, 11) is 0. The molecule has 3 nitrogen and oxygen atoms in total. The lowest BCUT2D eigenvalue weighted by atomic mass is 9.32. The highest BCUT2D eigenvalue weighted by molar-refractivity contribution is 7.80. The molecule has 0 N–H and O–H groups in total. The molecule has 12 rings (SSSR count). The molecular formula is C74H60O3S3. The largest absolute Gasteiger partial charge is 0.483 e. The van der Waals surface area contributed by atoms with Gasteiger partial charge in [0.05, 0.1) is 5.92 Å². The van der Waals surface area contributed by atoms with E-state index in [-0.39, 0.29) is 27.6 Å². The molecular weight excluding hydrogens is 1030 g/mol. The fraction of sp³-hybridized carbons (Fsp3) is 0.230. The molecule has 0 unspecified atom stereocenters. The quantitative estimate of drug-likeness (QED) is 0.100. The molecule has 0 heterocycles. The minimum absolute atomic E-state index is 0.134. The fourth-order valence-corrected chi connectivity index (χ4v) is 13.4. The Morgan fingerprint density at radius 1 is 0.338 bits per heavy atom. The van der Waals surface area contributed by atoms with Crippen molar-refractivity contribution in [1.82, 2.24) is 0 Å². The Balaban J connectivity index is 0.971. The summed E-state index contributed by atoms with van der Waals surface area (Å²) in [5.74, 6) is 27.8. The van der Waals surface area contributed by atoms with E-state index in [1.54, 1.807) is 20.8 Å². The Labute approximate surface area is 488 Å². The lowest BCUT2D eigenvalue weighted by molar-refractivity contribution is -0.0691. The Bertz CT molecular complexity index is 3450. The molecule has 7 aromatic rings. The highest BCUT2D eigenvalue weighted by Gasteiger charge is 2.69. The summed E-state index contributed by atoms with van der Waals surface area (Å²) >= 11 is 15.3. The normalized spacial score (nSPS) is 20.8. The molecule has 0 aliphatic heterocycles. The van der Waals surface area contributed by atoms with Gasteiger partial charge < -0.3 is 14.2 Å². The third-order valence-corrected chi connectivity index (χ3v) is 16.8. The minimum Gasteiger partial charge on any atom is -0.483 e. The maximum Gasteiger partial charge on any atom is 0.157 e. The molecule has 4 saturated carbocycles. The monoisotopic (exact) mass is 1090 g/mol. The van der Waals surface area contributed by atoms with E-state index in [9.17, 15) is 0 Å². The maximum atomic E-state index is 5.57. The summed E-state index contributed by atoms with van der Waals surface area (Å²) in [6.07, 6.45) is 14.7. The molecule has 0 aromatic heterocycles. The standard InChI is InChI=1S/C74H60O3S3/c1-53(78)75-44-64-22-16-57(17-23-64)10-13-61-30-38-68(39-31-61)72-47-71(67-36-28-60(29-37-67)9-8-56-6-4-5-7-56)48-73(50-72,69-40-32-62(33-41-69)14-11-58-18-24-65(25-19-58)45-76-54(2)79)52-74(49-71,51-72)70-42-34-63(35-43-70)15-12-59-20-26-66(27-21-59)46-77-55(3)80/h4-7,16-43,56H,44-52H2,1-3H3. The van der Waals surface area contributed by atoms with Crippen LogP contribution in [-0.4, -0.2) is 15.2 Å². The van der Waals surface area contributed by atoms with E-state index in [2.05, 4.69) is 242 Å². The van der Waals surface area contributed by atoms with Crippen LogP contribution >= 0.6 is 36.7 Å². The molecule has 80 heavy (non-hydrogen) atoms. The van der Waals surface area contributed by atoms with Crippen molar-refractivity contribution in [3.63, 3.8) is 0 Å². The summed E-state index contributed by atoms with van der Waals surface area (Å²) < 4.78 is 16.7. The van der Waals surface area contributed by atoms with Gasteiger partial charge in [0.2, 0.25) is 0 Å². The van der Waals surface area contributed by atoms with E-state index in [4.69, 9.17) is 50.9 Å². The number of benzene rings is 7. The number of rotatable bonds is 10. The van der Waals surface area contributed by atoms with Gasteiger partial charge in [-0.05, 0) is 221 Å². The third-order valence-electron chi connectivity index (χ3n) is 16.4. The number of hydrogen-bond donors (Lipinski definition) is 0. The topological polar surface area (TPSA) is 27.7 Å². The molecule has 7 aromatic carbocycles. The molecule has 0 atom stereocenters. The van der Waals surface area contributed by atoms with E-state index in [1.165, 1.54) is 22.3 Å². The lowest BCUT2D eigenvalue weighted by Crippen LogP contribution is -2.67. The highest BCUT2D eigenvalue weighted by Crippen LogP contribution is 2.74. The summed E-state index contributed by atoms with van der Waals surface area (Å²) in [6, 6.07) is 61.7. The first kappa shape index (κ1) is 53.9. The number of hydrogen-bond acceptors (Lipinski definition) is 6. The van der Waals surface area contributed by atoms with E-state index >= 15 is 0 Å². The lowest BCUT2D eigenvalue weighted by Gasteiger charge is -2.71. The van der Waals surface area contributed by atoms with Crippen molar-refractivity contribution in [2.24, 2.45) is 5.92 Å². The molecule has 5 aliphatic rings. The van der Waals surface area contributed by atoms with Crippen LogP contribution in [0.25, 0.3) is 0 Å². The molecule has 0 saturated heterocycles. The first-order valence-electron chi connectivity index (χ1n) is 27.3. The summed E-state index contributed by atoms with van der Waals surface area (Å²) in [6.45, 7) is 6.75. The third kappa shape index (κ3) is 12.4. The predicted octanol–water partition coefficient (Wildman–Crippen LogP) is 16.0. The molecule has 0 radical (unpaired) electrons. The van der Waals surface area contributed by atoms with E-state index in [0.29, 0.717) is 35.0 Å². The van der Waals surface area contributed by atoms with Gasteiger partial charge in [0.25, 0.3) is 0 Å². The predicted molar refractivity (Wildman–Crippen MR) is 335 cm³/mol. The fourth-order valence-electron chi connectivity index (χ4n) is 13.2. The van der Waals surface area contributed by atoms with Gasteiger partial charge in [-0.2, -0.15) is 0 Å². The van der Waals surface area contributed by atoms with E-state index in [0.717, 1.165) is 94.2 Å². The zero-order valence-corrected chi connectivity index (χ0v) is 47.8. The van der Waals surface area contributed by atoms with Gasteiger partial charge in [0.15, 0.2) is 15.2 Å². The Hall–Kier alpha value is -8.07. The molecule has 6 heteroatoms. The number of thiocarbonyl (C=S) groups is 3. The minimum atomic E-state index is -0.144. The van der Waals surface area contributed by atoms with Gasteiger partial charge in [-0.1, -0.05) is 157 Å². The average molecular weight is 1090 g/mol. The number of allylic oxidation sites excluding steroid dienone is 4. The van der Waals surface area contributed by atoms with Crippen molar-refractivity contribution < 1.29 is 14.2 Å². The zero-order valence-electron chi connectivity index (χ0n) is 45.4. The van der Waals surface area contributed by atoms with Crippen molar-refractivity contribution in [1.29, 1.82) is 0 Å². The first-order valence-corrected chi connectivity index (χ1v) is 28.6. The van der Waals surface area contributed by atoms with Gasteiger partial charge in [-0.3, -0.25) is 0 Å². The zero-order chi connectivity index (χ0) is 55.2. The van der Waals surface area contributed by atoms with Crippen LogP contribution in [0.5, 0.6) is 0 Å². The van der Waals surface area contributed by atoms with Crippen LogP contribution in [0.3, 0.4) is 0 Å². The maximum absolute atomic E-state index is 5.57. The summed E-state index contributed by atoms with van der Waals surface area (Å²) in [5.41, 5.74) is 15.1. The van der Waals surface area contributed by atoms with Crippen molar-refractivity contribution in [2.75, 3.05) is 0 Å². The van der Waals surface area contributed by atoms with Crippen LogP contribution in [0.1, 0.15) is 137 Å². The van der Waals surface area contributed by atoms with Gasteiger partial charge in [0.1, 0.15) is 19.8 Å². The van der Waals surface area contributed by atoms with Crippen LogP contribution in [0, 0.1) is 53.3 Å². The van der Waals surface area contributed by atoms with E-state index < -0.39 is 0 Å². The van der Waals surface area contributed by atoms with Gasteiger partial charge in [-0.25, -0.2) is 0 Å². The van der Waals surface area contributed by atoms with Crippen molar-refractivity contribution >= 4 is 51.8 Å². The van der Waals surface area contributed by atoms with Gasteiger partial charge in [0, 0.05) is 59.7 Å². The second-order valence-electron chi connectivity index (χ2n) is 22.2. The molecule has 0 amide bonds. The second kappa shape index (κ2) is 23.3. The van der Waals surface area contributed by atoms with Crippen LogP contribution in [-0.2, 0) is 55.7 Å². The van der Waals surface area contributed by atoms with Crippen molar-refractivity contribution in [2.45, 2.75) is 101 Å². The number of ether oxygens (including phenoxy) is 3. The smallest absolute Gasteiger partial charge is 0.157 e. The van der Waals surface area contributed by atoms with Crippen molar-refractivity contribution in [3.05, 3.63) is 272 Å². The van der Waals surface area contributed by atoms with Crippen LogP contribution < -0.4 is 0 Å². The van der Waals surface area contributed by atoms with Crippen LogP contribution in [0.2, 0.25) is 0 Å². The van der Waals surface area contributed by atoms with Crippen LogP contribution in [0.15, 0.2) is 194 Å². The molecule has 0 spiro atoms. The average Bonchev–Trinajstić information content (AvgIpc) is 2.41.